The van der Waals surface area contributed by atoms with Gasteiger partial charge in [0.1, 0.15) is 5.75 Å². The number of aromatic hydroxyl groups is 1. The number of hydrogen-bond acceptors (Lipinski definition) is 3. The molecule has 1 aliphatic heterocycles. The van der Waals surface area contributed by atoms with Crippen LogP contribution in [0.15, 0.2) is 54.6 Å². The van der Waals surface area contributed by atoms with Gasteiger partial charge in [-0.15, -0.1) is 0 Å². The molecule has 2 aromatic rings. The molecule has 1 saturated carbocycles. The summed E-state index contributed by atoms with van der Waals surface area (Å²) in [5.41, 5.74) is 1.90. The van der Waals surface area contributed by atoms with Crippen molar-refractivity contribution in [3.05, 3.63) is 65.7 Å². The Hall–Kier alpha value is -2.53. The number of hydrogen-bond donors (Lipinski definition) is 2. The molecule has 4 rings (SSSR count). The lowest BCUT2D eigenvalue weighted by atomic mass is 10.0. The summed E-state index contributed by atoms with van der Waals surface area (Å²) >= 11 is 0. The van der Waals surface area contributed by atoms with Crippen LogP contribution in [0.4, 0.5) is 4.79 Å². The lowest BCUT2D eigenvalue weighted by Crippen LogP contribution is -2.45. The summed E-state index contributed by atoms with van der Waals surface area (Å²) in [5.74, 6) is 0.718. The van der Waals surface area contributed by atoms with E-state index in [1.807, 2.05) is 30.3 Å². The fourth-order valence-electron chi connectivity index (χ4n) is 3.89. The Morgan fingerprint density at radius 2 is 1.86 bits per heavy atom. The molecule has 5 heteroatoms. The number of nitrogens with zero attached hydrogens (tertiary/aromatic N) is 1. The first-order valence-electron chi connectivity index (χ1n) is 10.2. The number of carbonyl (C=O) groups excluding carboxylic acids is 1. The molecule has 2 unspecified atom stereocenters. The zero-order valence-corrected chi connectivity index (χ0v) is 16.1. The molecule has 2 aromatic carbocycles. The van der Waals surface area contributed by atoms with Gasteiger partial charge in [-0.2, -0.15) is 0 Å². The summed E-state index contributed by atoms with van der Waals surface area (Å²) in [7, 11) is 0. The average Bonchev–Trinajstić information content (AvgIpc) is 3.43. The maximum atomic E-state index is 13.2. The van der Waals surface area contributed by atoms with Crippen LogP contribution in [-0.4, -0.2) is 35.3 Å². The van der Waals surface area contributed by atoms with Crippen LogP contribution in [-0.2, 0) is 11.3 Å². The van der Waals surface area contributed by atoms with E-state index < -0.39 is 0 Å². The third kappa shape index (κ3) is 4.65. The second-order valence-corrected chi connectivity index (χ2v) is 7.82. The smallest absolute Gasteiger partial charge is 0.318 e. The van der Waals surface area contributed by atoms with Crippen molar-refractivity contribution in [2.75, 3.05) is 13.2 Å². The van der Waals surface area contributed by atoms with Crippen molar-refractivity contribution in [3.63, 3.8) is 0 Å². The van der Waals surface area contributed by atoms with Crippen LogP contribution in [0.1, 0.15) is 42.9 Å². The van der Waals surface area contributed by atoms with E-state index in [0.29, 0.717) is 19.0 Å². The Morgan fingerprint density at radius 1 is 1.11 bits per heavy atom. The van der Waals surface area contributed by atoms with Crippen LogP contribution >= 0.6 is 0 Å². The van der Waals surface area contributed by atoms with Crippen molar-refractivity contribution < 1.29 is 14.6 Å². The fourth-order valence-corrected chi connectivity index (χ4v) is 3.89. The zero-order chi connectivity index (χ0) is 19.3. The van der Waals surface area contributed by atoms with Gasteiger partial charge in [0.2, 0.25) is 0 Å². The van der Waals surface area contributed by atoms with E-state index in [9.17, 15) is 9.90 Å². The van der Waals surface area contributed by atoms with Crippen molar-refractivity contribution in [1.82, 2.24) is 10.2 Å². The summed E-state index contributed by atoms with van der Waals surface area (Å²) in [6.07, 6.45) is 4.35. The number of nitrogens with one attached hydrogen (secondary N) is 1. The highest BCUT2D eigenvalue weighted by Gasteiger charge is 2.34. The maximum Gasteiger partial charge on any atom is 0.318 e. The van der Waals surface area contributed by atoms with E-state index in [1.165, 1.54) is 0 Å². The predicted molar refractivity (Wildman–Crippen MR) is 108 cm³/mol. The van der Waals surface area contributed by atoms with Crippen LogP contribution in [0.25, 0.3) is 0 Å². The molecule has 5 nitrogen and oxygen atoms in total. The fraction of sp³-hybridized carbons (Fsp3) is 0.435. The normalized spacial score (nSPS) is 19.9. The van der Waals surface area contributed by atoms with E-state index in [4.69, 9.17) is 4.74 Å². The van der Waals surface area contributed by atoms with Gasteiger partial charge in [-0.3, -0.25) is 0 Å². The Balaban J connectivity index is 1.50. The Bertz CT molecular complexity index is 785. The zero-order valence-electron chi connectivity index (χ0n) is 16.1. The molecule has 2 amide bonds. The van der Waals surface area contributed by atoms with Crippen molar-refractivity contribution in [1.29, 1.82) is 0 Å². The molecule has 28 heavy (non-hydrogen) atoms. The predicted octanol–water partition coefficient (Wildman–Crippen LogP) is 4.23. The molecule has 2 atom stereocenters. The topological polar surface area (TPSA) is 61.8 Å². The molecule has 0 radical (unpaired) electrons. The molecule has 0 aromatic heterocycles. The summed E-state index contributed by atoms with van der Waals surface area (Å²) in [6, 6.07) is 17.3. The van der Waals surface area contributed by atoms with Crippen LogP contribution < -0.4 is 5.32 Å². The van der Waals surface area contributed by atoms with Gasteiger partial charge in [-0.25, -0.2) is 4.79 Å². The molecule has 148 valence electrons. The first-order valence-corrected chi connectivity index (χ1v) is 10.2. The standard InChI is InChI=1S/C23H28N2O3/c26-21-11-5-4-9-19(21)15-25(16-20-10-6-14-28-20)23(27)24-22(18-12-13-18)17-7-2-1-3-8-17/h1-5,7-9,11,18,20,22,26H,6,10,12-16H2,(H,24,27). The monoisotopic (exact) mass is 380 g/mol. The minimum Gasteiger partial charge on any atom is -0.508 e. The van der Waals surface area contributed by atoms with Gasteiger partial charge in [0.05, 0.1) is 18.7 Å². The van der Waals surface area contributed by atoms with Gasteiger partial charge in [0.15, 0.2) is 0 Å². The second-order valence-electron chi connectivity index (χ2n) is 7.82. The van der Waals surface area contributed by atoms with Crippen molar-refractivity contribution in [3.8, 4) is 5.75 Å². The number of rotatable bonds is 7. The lowest BCUT2D eigenvalue weighted by Gasteiger charge is -2.29. The average molecular weight is 380 g/mol. The summed E-state index contributed by atoms with van der Waals surface area (Å²) in [4.78, 5) is 15.0. The number of phenolic OH excluding ortho intramolecular Hbond substituents is 1. The summed E-state index contributed by atoms with van der Waals surface area (Å²) in [5, 5.41) is 13.4. The van der Waals surface area contributed by atoms with Gasteiger partial charge in [-0.1, -0.05) is 48.5 Å². The summed E-state index contributed by atoms with van der Waals surface area (Å²) < 4.78 is 5.77. The van der Waals surface area contributed by atoms with Crippen LogP contribution in [0.3, 0.4) is 0 Å². The molecular formula is C23H28N2O3. The highest BCUT2D eigenvalue weighted by atomic mass is 16.5. The minimum atomic E-state index is -0.0977. The molecule has 2 N–H and O–H groups in total. The number of carbonyl (C=O) groups is 1. The largest absolute Gasteiger partial charge is 0.508 e. The number of ether oxygens (including phenoxy) is 1. The Morgan fingerprint density at radius 3 is 2.54 bits per heavy atom. The maximum absolute atomic E-state index is 13.2. The van der Waals surface area contributed by atoms with Crippen LogP contribution in [0.2, 0.25) is 0 Å². The molecule has 2 aliphatic rings. The van der Waals surface area contributed by atoms with E-state index in [2.05, 4.69) is 17.4 Å². The van der Waals surface area contributed by atoms with Crippen molar-refractivity contribution >= 4 is 6.03 Å². The van der Waals surface area contributed by atoms with Crippen molar-refractivity contribution in [2.45, 2.75) is 44.4 Å². The van der Waals surface area contributed by atoms with Crippen LogP contribution in [0.5, 0.6) is 5.75 Å². The van der Waals surface area contributed by atoms with Gasteiger partial charge in [0, 0.05) is 18.7 Å². The molecular weight excluding hydrogens is 352 g/mol. The Labute approximate surface area is 166 Å². The second kappa shape index (κ2) is 8.65. The van der Waals surface area contributed by atoms with E-state index in [0.717, 1.165) is 43.4 Å². The third-order valence-corrected chi connectivity index (χ3v) is 5.62. The Kier molecular flexibility index (Phi) is 5.81. The minimum absolute atomic E-state index is 0.0325. The molecule has 0 bridgehead atoms. The van der Waals surface area contributed by atoms with E-state index >= 15 is 0 Å². The SMILES string of the molecule is O=C(NC(c1ccccc1)C1CC1)N(Cc1ccccc1O)CC1CCCO1. The van der Waals surface area contributed by atoms with Gasteiger partial charge in [-0.05, 0) is 43.2 Å². The first-order chi connectivity index (χ1) is 13.7. The molecule has 1 aliphatic carbocycles. The van der Waals surface area contributed by atoms with E-state index in [-0.39, 0.29) is 23.9 Å². The quantitative estimate of drug-likeness (QED) is 0.755. The highest BCUT2D eigenvalue weighted by Crippen LogP contribution is 2.41. The third-order valence-electron chi connectivity index (χ3n) is 5.62. The first kappa shape index (κ1) is 18.8. The van der Waals surface area contributed by atoms with Gasteiger partial charge < -0.3 is 20.1 Å². The molecule has 2 fully saturated rings. The number of amides is 2. The van der Waals surface area contributed by atoms with Crippen LogP contribution in [0, 0.1) is 5.92 Å². The van der Waals surface area contributed by atoms with E-state index in [1.54, 1.807) is 17.0 Å². The molecule has 1 saturated heterocycles. The number of phenols is 1. The number of urea groups is 1. The summed E-state index contributed by atoms with van der Waals surface area (Å²) in [6.45, 7) is 1.66. The lowest BCUT2D eigenvalue weighted by molar-refractivity contribution is 0.0785. The van der Waals surface area contributed by atoms with Gasteiger partial charge in [0.25, 0.3) is 0 Å². The number of para-hydroxylation sites is 1. The van der Waals surface area contributed by atoms with Crippen molar-refractivity contribution in [2.24, 2.45) is 5.92 Å². The highest BCUT2D eigenvalue weighted by molar-refractivity contribution is 5.75. The molecule has 0 spiro atoms. The van der Waals surface area contributed by atoms with Gasteiger partial charge >= 0.3 is 6.03 Å². The number of benzene rings is 2. The molecule has 1 heterocycles.